The first-order chi connectivity index (χ1) is 7.56. The number of nitrogens with two attached hydrogens (primary N) is 3. The normalized spacial score (nSPS) is 11.8. The third-order valence-electron chi connectivity index (χ3n) is 0.954. The van der Waals surface area contributed by atoms with E-state index in [1.54, 1.807) is 0 Å². The third-order valence-corrected chi connectivity index (χ3v) is 0.954. The summed E-state index contributed by atoms with van der Waals surface area (Å²) >= 11 is 0. The van der Waals surface area contributed by atoms with Crippen molar-refractivity contribution in [3.05, 3.63) is 0 Å². The van der Waals surface area contributed by atoms with Gasteiger partial charge in [-0.05, 0) is 13.8 Å². The van der Waals surface area contributed by atoms with Crippen LogP contribution in [0.15, 0.2) is 0 Å². The Balaban J connectivity index is -0.000000174. The summed E-state index contributed by atoms with van der Waals surface area (Å²) < 4.78 is 0. The van der Waals surface area contributed by atoms with Gasteiger partial charge in [0, 0.05) is 0 Å². The van der Waals surface area contributed by atoms with Crippen molar-refractivity contribution in [2.75, 3.05) is 6.54 Å². The zero-order chi connectivity index (χ0) is 14.6. The third kappa shape index (κ3) is 31.4. The van der Waals surface area contributed by atoms with Gasteiger partial charge in [-0.25, -0.2) is 0 Å². The van der Waals surface area contributed by atoms with Gasteiger partial charge in [-0.2, -0.15) is 0 Å². The Labute approximate surface area is 98.2 Å². The van der Waals surface area contributed by atoms with Crippen molar-refractivity contribution in [2.24, 2.45) is 17.2 Å². The Kier molecular flexibility index (Phi) is 15.0. The van der Waals surface area contributed by atoms with Crippen LogP contribution in [0.3, 0.4) is 0 Å². The van der Waals surface area contributed by atoms with Gasteiger partial charge in [0.05, 0.1) is 6.54 Å². The molecule has 0 heterocycles. The minimum absolute atomic E-state index is 0.278. The molecule has 0 bridgehead atoms. The Morgan fingerprint density at radius 1 is 0.941 bits per heavy atom. The molecule has 0 aliphatic rings. The molecule has 0 aliphatic carbocycles. The van der Waals surface area contributed by atoms with E-state index in [-0.39, 0.29) is 6.54 Å². The molecule has 0 fully saturated rings. The highest BCUT2D eigenvalue weighted by atomic mass is 16.4. The second kappa shape index (κ2) is 12.4. The van der Waals surface area contributed by atoms with Gasteiger partial charge in [0.2, 0.25) is 0 Å². The number of hydrogen-bond acceptors (Lipinski definition) is 6. The summed E-state index contributed by atoms with van der Waals surface area (Å²) in [5, 5.41) is 23.3. The molecule has 0 saturated carbocycles. The van der Waals surface area contributed by atoms with Crippen LogP contribution in [0, 0.1) is 0 Å². The van der Waals surface area contributed by atoms with Crippen LogP contribution < -0.4 is 17.2 Å². The average molecular weight is 253 g/mol. The molecule has 0 aromatic heterocycles. The van der Waals surface area contributed by atoms with Crippen LogP contribution in [-0.2, 0) is 14.4 Å². The number of carboxylic acids is 3. The van der Waals surface area contributed by atoms with Crippen molar-refractivity contribution in [3.8, 4) is 0 Å². The number of carbonyl (C=O) groups is 3. The molecule has 9 heteroatoms. The first-order valence-electron chi connectivity index (χ1n) is 4.44. The van der Waals surface area contributed by atoms with Gasteiger partial charge in [-0.1, -0.05) is 0 Å². The lowest BCUT2D eigenvalue weighted by Gasteiger charge is -1.90. The largest absolute Gasteiger partial charge is 0.480 e. The maximum absolute atomic E-state index is 9.57. The molecule has 0 radical (unpaired) electrons. The maximum Gasteiger partial charge on any atom is 0.320 e. The van der Waals surface area contributed by atoms with Crippen molar-refractivity contribution < 1.29 is 29.7 Å². The lowest BCUT2D eigenvalue weighted by atomic mass is 10.4. The second-order valence-corrected chi connectivity index (χ2v) is 2.85. The quantitative estimate of drug-likeness (QED) is 0.326. The summed E-state index contributed by atoms with van der Waals surface area (Å²) in [6.07, 6.45) is 0. The lowest BCUT2D eigenvalue weighted by Crippen LogP contribution is -2.25. The van der Waals surface area contributed by atoms with Gasteiger partial charge < -0.3 is 32.5 Å². The molecule has 0 aliphatic heterocycles. The highest BCUT2D eigenvalue weighted by Gasteiger charge is 2.00. The van der Waals surface area contributed by atoms with E-state index in [1.165, 1.54) is 13.8 Å². The van der Waals surface area contributed by atoms with Crippen molar-refractivity contribution in [1.82, 2.24) is 0 Å². The summed E-state index contributed by atoms with van der Waals surface area (Å²) in [6, 6.07) is -1.46. The fourth-order valence-corrected chi connectivity index (χ4v) is 0. The second-order valence-electron chi connectivity index (χ2n) is 2.85. The van der Waals surface area contributed by atoms with Gasteiger partial charge in [0.1, 0.15) is 12.1 Å². The zero-order valence-electron chi connectivity index (χ0n) is 9.66. The highest BCUT2D eigenvalue weighted by molar-refractivity contribution is 5.72. The van der Waals surface area contributed by atoms with E-state index in [1.807, 2.05) is 0 Å². The van der Waals surface area contributed by atoms with E-state index in [2.05, 4.69) is 5.73 Å². The number of aliphatic carboxylic acids is 3. The molecule has 102 valence electrons. The Morgan fingerprint density at radius 3 is 1.06 bits per heavy atom. The molecule has 0 aromatic rings. The molecule has 0 saturated heterocycles. The first-order valence-corrected chi connectivity index (χ1v) is 4.44. The van der Waals surface area contributed by atoms with Crippen LogP contribution in [0.5, 0.6) is 0 Å². The molecule has 17 heavy (non-hydrogen) atoms. The molecule has 9 nitrogen and oxygen atoms in total. The van der Waals surface area contributed by atoms with E-state index < -0.39 is 30.0 Å². The minimum Gasteiger partial charge on any atom is -0.480 e. The topological polar surface area (TPSA) is 190 Å². The zero-order valence-corrected chi connectivity index (χ0v) is 9.66. The molecular formula is C8H19N3O6. The smallest absolute Gasteiger partial charge is 0.320 e. The Bertz CT molecular complexity index is 223. The van der Waals surface area contributed by atoms with Crippen LogP contribution in [0.25, 0.3) is 0 Å². The fourth-order valence-electron chi connectivity index (χ4n) is 0. The van der Waals surface area contributed by atoms with E-state index in [9.17, 15) is 14.4 Å². The van der Waals surface area contributed by atoms with Crippen LogP contribution in [0.1, 0.15) is 13.8 Å². The summed E-state index contributed by atoms with van der Waals surface area (Å²) in [7, 11) is 0. The van der Waals surface area contributed by atoms with Crippen LogP contribution in [0.2, 0.25) is 0 Å². The minimum atomic E-state index is -0.968. The van der Waals surface area contributed by atoms with Crippen LogP contribution in [0.4, 0.5) is 0 Å². The van der Waals surface area contributed by atoms with Gasteiger partial charge in [-0.15, -0.1) is 0 Å². The van der Waals surface area contributed by atoms with Crippen LogP contribution >= 0.6 is 0 Å². The number of hydrogen-bond donors (Lipinski definition) is 6. The SMILES string of the molecule is C[C@H](N)C(=O)O.C[C@H](N)C(=O)O.NCC(=O)O. The van der Waals surface area contributed by atoms with Crippen LogP contribution in [-0.4, -0.2) is 51.9 Å². The standard InChI is InChI=1S/2C3H7NO2.C2H5NO2/c2*1-2(4)3(5)6;3-1-2(4)5/h2*2H,4H2,1H3,(H,5,6);1,3H2,(H,4,5)/t2*2-;/m00./s1. The van der Waals surface area contributed by atoms with Gasteiger partial charge in [0.15, 0.2) is 0 Å². The van der Waals surface area contributed by atoms with Crippen molar-refractivity contribution in [1.29, 1.82) is 0 Å². The van der Waals surface area contributed by atoms with Gasteiger partial charge in [0.25, 0.3) is 0 Å². The Hall–Kier alpha value is -1.71. The predicted octanol–water partition coefficient (Wildman–Crippen LogP) is -2.13. The molecule has 9 N–H and O–H groups in total. The molecular weight excluding hydrogens is 234 g/mol. The van der Waals surface area contributed by atoms with Crippen molar-refractivity contribution in [3.63, 3.8) is 0 Å². The molecule has 0 rings (SSSR count). The maximum atomic E-state index is 9.57. The highest BCUT2D eigenvalue weighted by Crippen LogP contribution is 1.68. The van der Waals surface area contributed by atoms with E-state index in [0.29, 0.717) is 0 Å². The van der Waals surface area contributed by atoms with Crippen molar-refractivity contribution >= 4 is 17.9 Å². The molecule has 2 atom stereocenters. The molecule has 0 spiro atoms. The van der Waals surface area contributed by atoms with Crippen molar-refractivity contribution in [2.45, 2.75) is 25.9 Å². The summed E-state index contributed by atoms with van der Waals surface area (Å²) in [6.45, 7) is 2.56. The summed E-state index contributed by atoms with van der Waals surface area (Å²) in [5.41, 5.74) is 14.2. The fraction of sp³-hybridized carbons (Fsp3) is 0.625. The Morgan fingerprint density at radius 2 is 1.06 bits per heavy atom. The number of rotatable bonds is 3. The number of carboxylic acid groups (broad SMARTS) is 3. The molecule has 0 aromatic carbocycles. The molecule has 0 unspecified atom stereocenters. The average Bonchev–Trinajstić information content (AvgIpc) is 2.19. The summed E-state index contributed by atoms with van der Waals surface area (Å²) in [5.74, 6) is -2.89. The van der Waals surface area contributed by atoms with E-state index >= 15 is 0 Å². The predicted molar refractivity (Wildman–Crippen MR) is 59.3 cm³/mol. The lowest BCUT2D eigenvalue weighted by molar-refractivity contribution is -0.139. The van der Waals surface area contributed by atoms with Gasteiger partial charge in [-0.3, -0.25) is 14.4 Å². The monoisotopic (exact) mass is 253 g/mol. The van der Waals surface area contributed by atoms with E-state index in [4.69, 9.17) is 26.8 Å². The van der Waals surface area contributed by atoms with E-state index in [0.717, 1.165) is 0 Å². The first kappa shape index (κ1) is 20.7. The van der Waals surface area contributed by atoms with Gasteiger partial charge >= 0.3 is 17.9 Å². The summed E-state index contributed by atoms with van der Waals surface area (Å²) in [4.78, 5) is 28.4. The molecule has 0 amide bonds.